The van der Waals surface area contributed by atoms with E-state index in [1.807, 2.05) is 60.7 Å². The second-order valence-corrected chi connectivity index (χ2v) is 18.9. The summed E-state index contributed by atoms with van der Waals surface area (Å²) < 4.78 is 24.3. The molecular formula is C41H59N4O7PS. The predicted molar refractivity (Wildman–Crippen MR) is 224 cm³/mol. The van der Waals surface area contributed by atoms with Gasteiger partial charge in [-0.25, -0.2) is 0 Å². The molecule has 0 saturated heterocycles. The number of hydrogen-bond acceptors (Lipinski definition) is 9. The molecule has 0 fully saturated rings. The quantitative estimate of drug-likeness (QED) is 0.0586. The standard InChI is InChI=1S/C28H39N4O6PS.C10H12O.C3H8/c1-6-10-21-13-22(15-23(14-21)32(2)40-39(4,5)37)27(35)30-18-24(33)16-25(38-3)28(36)31-19-26(34)29-17-20-11-8-7-9-12-20;1-3-5-9-6-4-7-10(8-9)11-2;1-3-2/h6-9,11-15,24-25,33H,1,10,16-19H2,2-5H3,(H,29,34)(H,30,35)(H,31,36);3-4,6-8H,1,5H2,2H3;3H2,1-2H3/t24?,25-;;/m1../s1. The van der Waals surface area contributed by atoms with Gasteiger partial charge in [0.25, 0.3) is 5.91 Å². The van der Waals surface area contributed by atoms with Crippen molar-refractivity contribution in [3.63, 3.8) is 0 Å². The average Bonchev–Trinajstić information content (AvgIpc) is 3.14. The lowest BCUT2D eigenvalue weighted by atomic mass is 10.1. The van der Waals surface area contributed by atoms with E-state index in [0.717, 1.165) is 23.3 Å². The molecule has 0 radical (unpaired) electrons. The summed E-state index contributed by atoms with van der Waals surface area (Å²) in [6.07, 6.45) is 1.71. The van der Waals surface area contributed by atoms with Crippen molar-refractivity contribution in [1.82, 2.24) is 16.0 Å². The van der Waals surface area contributed by atoms with Gasteiger partial charge >= 0.3 is 0 Å². The van der Waals surface area contributed by atoms with E-state index in [1.165, 1.54) is 30.7 Å². The van der Waals surface area contributed by atoms with E-state index in [4.69, 9.17) is 9.47 Å². The molecule has 0 aliphatic rings. The molecule has 54 heavy (non-hydrogen) atoms. The summed E-state index contributed by atoms with van der Waals surface area (Å²) in [5.74, 6) is -0.407. The number of nitrogens with zero attached hydrogens (tertiary/aromatic N) is 1. The Morgan fingerprint density at radius 3 is 2.11 bits per heavy atom. The van der Waals surface area contributed by atoms with Crippen LogP contribution in [0.2, 0.25) is 0 Å². The largest absolute Gasteiger partial charge is 0.497 e. The molecule has 0 aliphatic heterocycles. The Morgan fingerprint density at radius 2 is 1.52 bits per heavy atom. The third-order valence-corrected chi connectivity index (χ3v) is 9.90. The van der Waals surface area contributed by atoms with Crippen LogP contribution in [-0.4, -0.2) is 82.7 Å². The summed E-state index contributed by atoms with van der Waals surface area (Å²) in [5.41, 5.74) is 4.11. The minimum Gasteiger partial charge on any atom is -0.497 e. The summed E-state index contributed by atoms with van der Waals surface area (Å²) in [6.45, 7) is 15.0. The van der Waals surface area contributed by atoms with Crippen LogP contribution >= 0.6 is 17.9 Å². The predicted octanol–water partition coefficient (Wildman–Crippen LogP) is 6.81. The van der Waals surface area contributed by atoms with Crippen LogP contribution in [0.3, 0.4) is 0 Å². The van der Waals surface area contributed by atoms with Crippen LogP contribution in [-0.2, 0) is 38.3 Å². The number of aliphatic hydroxyl groups is 1. The van der Waals surface area contributed by atoms with E-state index in [-0.39, 0.29) is 25.4 Å². The van der Waals surface area contributed by atoms with E-state index >= 15 is 0 Å². The monoisotopic (exact) mass is 782 g/mol. The van der Waals surface area contributed by atoms with Gasteiger partial charge in [0, 0.05) is 56.5 Å². The molecule has 0 aromatic heterocycles. The number of carbonyl (C=O) groups is 3. The van der Waals surface area contributed by atoms with E-state index < -0.39 is 30.4 Å². The van der Waals surface area contributed by atoms with E-state index in [1.54, 1.807) is 50.0 Å². The second-order valence-electron chi connectivity index (χ2n) is 12.6. The number of carbonyl (C=O) groups excluding carboxylic acids is 3. The molecule has 0 bridgehead atoms. The van der Waals surface area contributed by atoms with Gasteiger partial charge in [-0.15, -0.1) is 13.2 Å². The van der Waals surface area contributed by atoms with E-state index in [0.29, 0.717) is 24.2 Å². The normalized spacial score (nSPS) is 11.6. The van der Waals surface area contributed by atoms with Gasteiger partial charge in [-0.3, -0.25) is 14.4 Å². The summed E-state index contributed by atoms with van der Waals surface area (Å²) in [5, 5.41) is 18.4. The lowest BCUT2D eigenvalue weighted by molar-refractivity contribution is -0.134. The Kier molecular flexibility index (Phi) is 23.3. The fourth-order valence-electron chi connectivity index (χ4n) is 4.67. The van der Waals surface area contributed by atoms with Crippen molar-refractivity contribution >= 4 is 41.3 Å². The Labute approximate surface area is 326 Å². The molecule has 0 saturated carbocycles. The van der Waals surface area contributed by atoms with Gasteiger partial charge in [-0.2, -0.15) is 0 Å². The van der Waals surface area contributed by atoms with Gasteiger partial charge < -0.3 is 39.4 Å². The van der Waals surface area contributed by atoms with Crippen molar-refractivity contribution in [3.05, 3.63) is 120 Å². The van der Waals surface area contributed by atoms with Gasteiger partial charge in [0.15, 0.2) is 6.34 Å². The zero-order valence-electron chi connectivity index (χ0n) is 32.8. The summed E-state index contributed by atoms with van der Waals surface area (Å²) in [4.78, 5) is 37.5. The Morgan fingerprint density at radius 1 is 0.889 bits per heavy atom. The number of amides is 3. The van der Waals surface area contributed by atoms with E-state index in [9.17, 15) is 24.1 Å². The highest BCUT2D eigenvalue weighted by molar-refractivity contribution is 8.58. The van der Waals surface area contributed by atoms with Crippen LogP contribution in [0.25, 0.3) is 0 Å². The lowest BCUT2D eigenvalue weighted by Gasteiger charge is -2.22. The van der Waals surface area contributed by atoms with Gasteiger partial charge in [0.05, 0.1) is 19.8 Å². The molecule has 13 heteroatoms. The van der Waals surface area contributed by atoms with E-state index in [2.05, 4.69) is 49.0 Å². The SMILES string of the molecule is C=CCc1cc(C(=O)NCC(O)C[C@@H](OC)C(=O)NCC(=O)NCc2ccccc2)cc(N(C)SP(C)(C)=O)c1.C=CCc1cccc(OC)c1.CCC. The molecule has 296 valence electrons. The smallest absolute Gasteiger partial charge is 0.251 e. The first-order valence-electron chi connectivity index (χ1n) is 17.7. The van der Waals surface area contributed by atoms with Crippen molar-refractivity contribution in [1.29, 1.82) is 0 Å². The van der Waals surface area contributed by atoms with Crippen molar-refractivity contribution in [2.75, 3.05) is 52.0 Å². The summed E-state index contributed by atoms with van der Waals surface area (Å²) in [7, 11) is 4.79. The first kappa shape index (κ1) is 47.7. The highest BCUT2D eigenvalue weighted by atomic mass is 32.7. The Balaban J connectivity index is 0.000000870. The molecule has 2 atom stereocenters. The van der Waals surface area contributed by atoms with Crippen LogP contribution in [0.5, 0.6) is 5.75 Å². The average molecular weight is 783 g/mol. The molecule has 4 N–H and O–H groups in total. The van der Waals surface area contributed by atoms with Crippen molar-refractivity contribution < 1.29 is 33.5 Å². The summed E-state index contributed by atoms with van der Waals surface area (Å²) in [6, 6.07) is 22.7. The molecule has 11 nitrogen and oxygen atoms in total. The lowest BCUT2D eigenvalue weighted by Crippen LogP contribution is -2.44. The van der Waals surface area contributed by atoms with Crippen LogP contribution in [0, 0.1) is 0 Å². The van der Waals surface area contributed by atoms with Crippen LogP contribution in [0.4, 0.5) is 5.69 Å². The zero-order chi connectivity index (χ0) is 40.5. The summed E-state index contributed by atoms with van der Waals surface area (Å²) >= 11 is 1.21. The number of methoxy groups -OCH3 is 2. The number of anilines is 1. The highest BCUT2D eigenvalue weighted by Gasteiger charge is 2.23. The highest BCUT2D eigenvalue weighted by Crippen LogP contribution is 2.53. The molecule has 3 aromatic carbocycles. The van der Waals surface area contributed by atoms with Gasteiger partial charge in [0.2, 0.25) is 11.8 Å². The van der Waals surface area contributed by atoms with Crippen molar-refractivity contribution in [2.45, 2.75) is 58.3 Å². The minimum atomic E-state index is -2.41. The number of hydrogen-bond donors (Lipinski definition) is 4. The third-order valence-electron chi connectivity index (χ3n) is 7.13. The number of benzene rings is 3. The zero-order valence-corrected chi connectivity index (χ0v) is 34.5. The fourth-order valence-corrected chi connectivity index (χ4v) is 7.52. The van der Waals surface area contributed by atoms with Crippen molar-refractivity contribution in [3.8, 4) is 5.75 Å². The number of nitrogens with one attached hydrogen (secondary N) is 3. The number of ether oxygens (including phenoxy) is 2. The molecule has 1 unspecified atom stereocenters. The Hall–Kier alpha value is -4.35. The topological polar surface area (TPSA) is 146 Å². The molecule has 0 aliphatic carbocycles. The minimum absolute atomic E-state index is 0.0857. The van der Waals surface area contributed by atoms with Crippen molar-refractivity contribution in [2.24, 2.45) is 0 Å². The first-order valence-corrected chi connectivity index (χ1v) is 21.7. The van der Waals surface area contributed by atoms with Crippen LogP contribution in [0.1, 0.15) is 53.7 Å². The molecular weight excluding hydrogens is 724 g/mol. The number of allylic oxidation sites excluding steroid dienone is 2. The van der Waals surface area contributed by atoms with Crippen LogP contribution < -0.4 is 25.0 Å². The maximum atomic E-state index is 12.9. The number of rotatable bonds is 19. The fraction of sp³-hybridized carbons (Fsp3) is 0.390. The van der Waals surface area contributed by atoms with Gasteiger partial charge in [-0.1, -0.05) is 74.9 Å². The molecule has 3 aromatic rings. The molecule has 3 rings (SSSR count). The molecule has 3 amide bonds. The molecule has 0 spiro atoms. The van der Waals surface area contributed by atoms with Gasteiger partial charge in [0.1, 0.15) is 11.9 Å². The van der Waals surface area contributed by atoms with Crippen LogP contribution in [0.15, 0.2) is 98.1 Å². The maximum absolute atomic E-state index is 12.9. The number of aliphatic hydroxyl groups excluding tert-OH is 1. The van der Waals surface area contributed by atoms with Gasteiger partial charge in [-0.05, 0) is 73.2 Å². The third kappa shape index (κ3) is 20.2. The Bertz CT molecular complexity index is 1650. The molecule has 0 heterocycles. The first-order chi connectivity index (χ1) is 25.7. The maximum Gasteiger partial charge on any atom is 0.251 e. The second kappa shape index (κ2) is 26.4.